The van der Waals surface area contributed by atoms with E-state index < -0.39 is 33.5 Å². The quantitative estimate of drug-likeness (QED) is 0.226. The van der Waals surface area contributed by atoms with Crippen molar-refractivity contribution in [3.63, 3.8) is 0 Å². The topological polar surface area (TPSA) is 117 Å². The molecule has 0 aliphatic rings. The fourth-order valence-electron chi connectivity index (χ4n) is 3.21. The number of carbonyl (C=O) groups is 2. The van der Waals surface area contributed by atoms with Crippen molar-refractivity contribution in [1.29, 1.82) is 0 Å². The van der Waals surface area contributed by atoms with E-state index in [1.54, 1.807) is 41.9 Å². The smallest absolute Gasteiger partial charge is 0.322 e. The Labute approximate surface area is 224 Å². The van der Waals surface area contributed by atoms with Gasteiger partial charge in [0.2, 0.25) is 0 Å². The van der Waals surface area contributed by atoms with Gasteiger partial charge in [-0.1, -0.05) is 24.3 Å². The molecule has 0 radical (unpaired) electrons. The number of carboxylic acid groups (broad SMARTS) is 2. The molecule has 0 aliphatic carbocycles. The number of ether oxygens (including phenoxy) is 2. The largest absolute Gasteiger partial charge is 0.497 e. The molecule has 0 aliphatic heterocycles. The molecule has 200 valence electrons. The molecule has 0 heterocycles. The van der Waals surface area contributed by atoms with Crippen molar-refractivity contribution in [2.24, 2.45) is 0 Å². The van der Waals surface area contributed by atoms with E-state index in [9.17, 15) is 9.59 Å². The van der Waals surface area contributed by atoms with Crippen molar-refractivity contribution < 1.29 is 29.3 Å². The number of nitrogens with one attached hydrogen (secondary N) is 2. The fourth-order valence-corrected chi connectivity index (χ4v) is 3.61. The summed E-state index contributed by atoms with van der Waals surface area (Å²) in [5, 5.41) is 24.3. The van der Waals surface area contributed by atoms with Crippen molar-refractivity contribution in [3.05, 3.63) is 59.7 Å². The average Bonchev–Trinajstić information content (AvgIpc) is 2.78. The number of carboxylic acids is 2. The van der Waals surface area contributed by atoms with Gasteiger partial charge in [0, 0.05) is 22.6 Å². The molecule has 2 rings (SSSR count). The van der Waals surface area contributed by atoms with E-state index in [-0.39, 0.29) is 0 Å². The molecule has 2 aromatic carbocycles. The predicted molar refractivity (Wildman–Crippen MR) is 149 cm³/mol. The van der Waals surface area contributed by atoms with E-state index in [1.165, 1.54) is 0 Å². The summed E-state index contributed by atoms with van der Waals surface area (Å²) in [5.41, 5.74) is 2.00. The van der Waals surface area contributed by atoms with Gasteiger partial charge in [-0.25, -0.2) is 0 Å². The summed E-state index contributed by atoms with van der Waals surface area (Å²) in [7, 11) is 3.22. The second-order valence-corrected chi connectivity index (χ2v) is 11.6. The van der Waals surface area contributed by atoms with E-state index in [1.807, 2.05) is 48.5 Å². The highest BCUT2D eigenvalue weighted by molar-refractivity contribution is 7.82. The lowest BCUT2D eigenvalue weighted by atomic mass is 10.0. The van der Waals surface area contributed by atoms with Gasteiger partial charge in [0.25, 0.3) is 0 Å². The highest BCUT2D eigenvalue weighted by Gasteiger charge is 2.32. The Bertz CT molecular complexity index is 875. The molecule has 8 nitrogen and oxygen atoms in total. The van der Waals surface area contributed by atoms with Crippen molar-refractivity contribution in [1.82, 2.24) is 10.6 Å². The summed E-state index contributed by atoms with van der Waals surface area (Å²) in [6.07, 6.45) is 0. The van der Waals surface area contributed by atoms with Crippen LogP contribution in [0.2, 0.25) is 0 Å². The summed E-state index contributed by atoms with van der Waals surface area (Å²) in [6.45, 7) is 8.05. The first-order chi connectivity index (χ1) is 16.7. The van der Waals surface area contributed by atoms with E-state index >= 15 is 0 Å². The first-order valence-corrected chi connectivity index (χ1v) is 12.2. The van der Waals surface area contributed by atoms with Crippen LogP contribution in [-0.2, 0) is 22.7 Å². The van der Waals surface area contributed by atoms with Crippen LogP contribution in [0.5, 0.6) is 11.5 Å². The number of benzene rings is 2. The Balaban J connectivity index is 0.000000360. The van der Waals surface area contributed by atoms with Crippen LogP contribution < -0.4 is 20.1 Å². The minimum absolute atomic E-state index is 0.477. The number of hydrogen-bond donors (Lipinski definition) is 6. The lowest BCUT2D eigenvalue weighted by Gasteiger charge is -2.27. The average molecular weight is 539 g/mol. The summed E-state index contributed by atoms with van der Waals surface area (Å²) in [4.78, 5) is 22.3. The van der Waals surface area contributed by atoms with E-state index in [4.69, 9.17) is 19.7 Å². The zero-order valence-electron chi connectivity index (χ0n) is 21.6. The molecule has 10 heteroatoms. The monoisotopic (exact) mass is 538 g/mol. The normalized spacial score (nSPS) is 13.1. The van der Waals surface area contributed by atoms with Crippen LogP contribution in [0.15, 0.2) is 48.5 Å². The van der Waals surface area contributed by atoms with Gasteiger partial charge in [0.05, 0.1) is 14.2 Å². The van der Waals surface area contributed by atoms with Gasteiger partial charge in [-0.05, 0) is 63.1 Å². The van der Waals surface area contributed by atoms with Gasteiger partial charge >= 0.3 is 11.9 Å². The van der Waals surface area contributed by atoms with Crippen LogP contribution in [0.4, 0.5) is 0 Å². The van der Waals surface area contributed by atoms with Crippen LogP contribution in [0.3, 0.4) is 0 Å². The van der Waals surface area contributed by atoms with Crippen molar-refractivity contribution in [2.45, 2.75) is 62.4 Å². The maximum atomic E-state index is 11.1. The first kappa shape index (κ1) is 31.6. The fraction of sp³-hybridized carbons (Fsp3) is 0.462. The summed E-state index contributed by atoms with van der Waals surface area (Å²) < 4.78 is 8.87. The second kappa shape index (κ2) is 14.4. The van der Waals surface area contributed by atoms with Gasteiger partial charge in [-0.3, -0.25) is 20.2 Å². The van der Waals surface area contributed by atoms with Crippen LogP contribution in [0.25, 0.3) is 0 Å². The van der Waals surface area contributed by atoms with E-state index in [0.29, 0.717) is 13.1 Å². The Morgan fingerprint density at radius 2 is 1.00 bits per heavy atom. The van der Waals surface area contributed by atoms with Crippen molar-refractivity contribution in [2.75, 3.05) is 14.2 Å². The number of methoxy groups -OCH3 is 2. The Morgan fingerprint density at radius 3 is 1.19 bits per heavy atom. The molecular formula is C26H38N2O6S2. The molecule has 2 unspecified atom stereocenters. The molecular weight excluding hydrogens is 500 g/mol. The number of thiol groups is 2. The van der Waals surface area contributed by atoms with Crippen LogP contribution >= 0.6 is 25.3 Å². The molecule has 0 saturated carbocycles. The third-order valence-electron chi connectivity index (χ3n) is 5.25. The van der Waals surface area contributed by atoms with Crippen LogP contribution in [0, 0.1) is 0 Å². The van der Waals surface area contributed by atoms with Crippen LogP contribution in [-0.4, -0.2) is 57.9 Å². The lowest BCUT2D eigenvalue weighted by molar-refractivity contribution is -0.141. The summed E-state index contributed by atoms with van der Waals surface area (Å²) in [6, 6.07) is 13.6. The summed E-state index contributed by atoms with van der Waals surface area (Å²) >= 11 is 8.61. The van der Waals surface area contributed by atoms with Gasteiger partial charge in [-0.15, -0.1) is 0 Å². The van der Waals surface area contributed by atoms with E-state index in [2.05, 4.69) is 35.9 Å². The minimum Gasteiger partial charge on any atom is -0.497 e. The highest BCUT2D eigenvalue weighted by atomic mass is 32.1. The molecule has 0 aromatic heterocycles. The molecule has 0 fully saturated rings. The van der Waals surface area contributed by atoms with Crippen LogP contribution in [0.1, 0.15) is 38.8 Å². The maximum Gasteiger partial charge on any atom is 0.322 e. The van der Waals surface area contributed by atoms with Gasteiger partial charge < -0.3 is 19.7 Å². The molecule has 2 aromatic rings. The third-order valence-corrected chi connectivity index (χ3v) is 5.76. The zero-order valence-corrected chi connectivity index (χ0v) is 23.4. The lowest BCUT2D eigenvalue weighted by Crippen LogP contribution is -2.48. The molecule has 4 N–H and O–H groups in total. The summed E-state index contributed by atoms with van der Waals surface area (Å²) in [5.74, 6) is -0.238. The Hall–Kier alpha value is -2.40. The van der Waals surface area contributed by atoms with E-state index in [0.717, 1.165) is 22.6 Å². The van der Waals surface area contributed by atoms with Gasteiger partial charge in [0.15, 0.2) is 0 Å². The molecule has 0 spiro atoms. The minimum atomic E-state index is -0.900. The third kappa shape index (κ3) is 11.1. The molecule has 36 heavy (non-hydrogen) atoms. The van der Waals surface area contributed by atoms with Gasteiger partial charge in [0.1, 0.15) is 23.6 Å². The zero-order chi connectivity index (χ0) is 27.5. The Kier molecular flexibility index (Phi) is 12.6. The number of rotatable bonds is 12. The highest BCUT2D eigenvalue weighted by Crippen LogP contribution is 2.20. The first-order valence-electron chi connectivity index (χ1n) is 11.3. The standard InChI is InChI=1S/2C13H19NO3S/c2*1-13(2,18)11(12(15)16)14-8-9-4-6-10(17-3)7-5-9/h2*4-7,11,14,18H,8H2,1-3H3,(H,15,16). The second-order valence-electron chi connectivity index (χ2n) is 9.31. The van der Waals surface area contributed by atoms with Gasteiger partial charge in [-0.2, -0.15) is 25.3 Å². The Morgan fingerprint density at radius 1 is 0.722 bits per heavy atom. The molecule has 0 saturated heterocycles. The molecule has 0 amide bonds. The predicted octanol–water partition coefficient (Wildman–Crippen LogP) is 3.89. The molecule has 0 bridgehead atoms. The number of aliphatic carboxylic acids is 2. The number of hydrogen-bond acceptors (Lipinski definition) is 8. The maximum absolute atomic E-state index is 11.1. The SMILES string of the molecule is COc1ccc(CNC(C(=O)O)C(C)(C)S)cc1.COc1ccc(CNC(C(=O)O)C(C)(C)S)cc1. The van der Waals surface area contributed by atoms with Crippen molar-refractivity contribution >= 4 is 37.2 Å². The molecule has 2 atom stereocenters. The van der Waals surface area contributed by atoms with Crippen molar-refractivity contribution in [3.8, 4) is 11.5 Å².